The number of sulfonamides is 1. The van der Waals surface area contributed by atoms with E-state index in [4.69, 9.17) is 0 Å². The summed E-state index contributed by atoms with van der Waals surface area (Å²) < 4.78 is 29.9. The van der Waals surface area contributed by atoms with Crippen LogP contribution in [0.4, 0.5) is 5.69 Å². The molecule has 2 amide bonds. The van der Waals surface area contributed by atoms with Gasteiger partial charge in [0.15, 0.2) is 0 Å². The number of nitrogens with zero attached hydrogens (tertiary/aromatic N) is 2. The lowest BCUT2D eigenvalue weighted by molar-refractivity contribution is -0.139. The van der Waals surface area contributed by atoms with Gasteiger partial charge in [-0.1, -0.05) is 71.6 Å². The summed E-state index contributed by atoms with van der Waals surface area (Å²) >= 11 is 3.49. The van der Waals surface area contributed by atoms with E-state index >= 15 is 0 Å². The van der Waals surface area contributed by atoms with Gasteiger partial charge in [0.25, 0.3) is 10.0 Å². The number of carbonyl (C=O) groups is 2. The number of rotatable bonds is 10. The molecule has 218 valence electrons. The Morgan fingerprint density at radius 3 is 2.29 bits per heavy atom. The lowest BCUT2D eigenvalue weighted by atomic mass is 9.95. The zero-order chi connectivity index (χ0) is 29.6. The maximum atomic E-state index is 14.1. The van der Waals surface area contributed by atoms with E-state index in [1.807, 2.05) is 44.2 Å². The molecular weight excluding hydrogens is 602 g/mol. The first kappa shape index (κ1) is 30.8. The number of hydrogen-bond donors (Lipinski definition) is 1. The van der Waals surface area contributed by atoms with Crippen molar-refractivity contribution in [1.82, 2.24) is 10.2 Å². The highest BCUT2D eigenvalue weighted by Gasteiger charge is 2.33. The second-order valence-electron chi connectivity index (χ2n) is 10.8. The fraction of sp³-hybridized carbons (Fsp3) is 0.375. The average molecular weight is 641 g/mol. The standard InChI is InChI=1S/C32H38BrN3O4S/c1-23-17-18-29(19-24(23)2)36(41(39,40)30-15-8-5-9-16-30)22-31(37)35(21-26-11-10-12-27(33)20-26)25(3)32(38)34-28-13-6-4-7-14-28/h5,8-12,15-20,25,28H,4,6-7,13-14,21-22H2,1-3H3,(H,34,38)/t25-/m1/s1. The van der Waals surface area contributed by atoms with Crippen molar-refractivity contribution < 1.29 is 18.0 Å². The van der Waals surface area contributed by atoms with E-state index in [9.17, 15) is 18.0 Å². The Bertz CT molecular complexity index is 1470. The van der Waals surface area contributed by atoms with Crippen molar-refractivity contribution >= 4 is 43.5 Å². The smallest absolute Gasteiger partial charge is 0.264 e. The van der Waals surface area contributed by atoms with Crippen LogP contribution in [0, 0.1) is 13.8 Å². The van der Waals surface area contributed by atoms with Gasteiger partial charge in [-0.05, 0) is 86.7 Å². The number of hydrogen-bond acceptors (Lipinski definition) is 4. The maximum absolute atomic E-state index is 14.1. The van der Waals surface area contributed by atoms with Crippen molar-refractivity contribution in [2.45, 2.75) is 76.4 Å². The highest BCUT2D eigenvalue weighted by Crippen LogP contribution is 2.27. The van der Waals surface area contributed by atoms with E-state index in [-0.39, 0.29) is 23.4 Å². The molecule has 1 N–H and O–H groups in total. The van der Waals surface area contributed by atoms with E-state index < -0.39 is 28.5 Å². The minimum absolute atomic E-state index is 0.0898. The Hall–Kier alpha value is -3.17. The summed E-state index contributed by atoms with van der Waals surface area (Å²) in [5.41, 5.74) is 3.15. The van der Waals surface area contributed by atoms with Gasteiger partial charge in [0, 0.05) is 17.1 Å². The molecule has 0 unspecified atom stereocenters. The van der Waals surface area contributed by atoms with Gasteiger partial charge in [-0.15, -0.1) is 0 Å². The summed E-state index contributed by atoms with van der Waals surface area (Å²) in [4.78, 5) is 29.1. The monoisotopic (exact) mass is 639 g/mol. The predicted octanol–water partition coefficient (Wildman–Crippen LogP) is 6.13. The minimum Gasteiger partial charge on any atom is -0.352 e. The summed E-state index contributed by atoms with van der Waals surface area (Å²) in [6, 6.07) is 20.3. The molecule has 41 heavy (non-hydrogen) atoms. The third-order valence-electron chi connectivity index (χ3n) is 7.75. The van der Waals surface area contributed by atoms with Crippen LogP contribution in [0.15, 0.2) is 82.2 Å². The summed E-state index contributed by atoms with van der Waals surface area (Å²) in [5, 5.41) is 3.13. The molecular formula is C32H38BrN3O4S. The van der Waals surface area contributed by atoms with Crippen LogP contribution >= 0.6 is 15.9 Å². The van der Waals surface area contributed by atoms with Crippen LogP contribution in [0.2, 0.25) is 0 Å². The topological polar surface area (TPSA) is 86.8 Å². The van der Waals surface area contributed by atoms with Gasteiger partial charge >= 0.3 is 0 Å². The molecule has 1 aliphatic carbocycles. The van der Waals surface area contributed by atoms with Crippen LogP contribution in [0.25, 0.3) is 0 Å². The molecule has 3 aromatic carbocycles. The quantitative estimate of drug-likeness (QED) is 0.289. The largest absolute Gasteiger partial charge is 0.352 e. The van der Waals surface area contributed by atoms with Crippen LogP contribution in [0.1, 0.15) is 55.7 Å². The van der Waals surface area contributed by atoms with Crippen LogP contribution < -0.4 is 9.62 Å². The minimum atomic E-state index is -4.08. The molecule has 0 radical (unpaired) electrons. The first-order valence-corrected chi connectivity index (χ1v) is 16.3. The van der Waals surface area contributed by atoms with Crippen molar-refractivity contribution in [3.63, 3.8) is 0 Å². The van der Waals surface area contributed by atoms with Gasteiger partial charge < -0.3 is 10.2 Å². The van der Waals surface area contributed by atoms with Crippen LogP contribution in [-0.4, -0.2) is 43.8 Å². The Morgan fingerprint density at radius 1 is 0.927 bits per heavy atom. The first-order valence-electron chi connectivity index (χ1n) is 14.1. The van der Waals surface area contributed by atoms with Gasteiger partial charge in [-0.25, -0.2) is 8.42 Å². The molecule has 0 saturated heterocycles. The molecule has 1 atom stereocenters. The summed E-state index contributed by atoms with van der Waals surface area (Å²) in [6.07, 6.45) is 5.16. The van der Waals surface area contributed by atoms with E-state index in [1.165, 1.54) is 23.5 Å². The normalized spacial score (nSPS) is 14.7. The molecule has 9 heteroatoms. The van der Waals surface area contributed by atoms with E-state index in [0.29, 0.717) is 5.69 Å². The molecule has 0 aromatic heterocycles. The third kappa shape index (κ3) is 7.77. The Balaban J connectivity index is 1.68. The average Bonchev–Trinajstić information content (AvgIpc) is 2.96. The SMILES string of the molecule is Cc1ccc(N(CC(=O)N(Cc2cccc(Br)c2)[C@H](C)C(=O)NC2CCCCC2)S(=O)(=O)c2ccccc2)cc1C. The number of aryl methyl sites for hydroxylation is 2. The third-order valence-corrected chi connectivity index (χ3v) is 10.0. The van der Waals surface area contributed by atoms with Crippen LogP contribution in [0.3, 0.4) is 0 Å². The Labute approximate surface area is 252 Å². The summed E-state index contributed by atoms with van der Waals surface area (Å²) in [6.45, 7) is 5.27. The van der Waals surface area contributed by atoms with Crippen molar-refractivity contribution in [2.75, 3.05) is 10.8 Å². The van der Waals surface area contributed by atoms with Crippen molar-refractivity contribution in [3.8, 4) is 0 Å². The fourth-order valence-electron chi connectivity index (χ4n) is 5.11. The number of anilines is 1. The van der Waals surface area contributed by atoms with Crippen LogP contribution in [-0.2, 0) is 26.2 Å². The predicted molar refractivity (Wildman–Crippen MR) is 166 cm³/mol. The van der Waals surface area contributed by atoms with Gasteiger partial charge in [-0.3, -0.25) is 13.9 Å². The Morgan fingerprint density at radius 2 is 1.63 bits per heavy atom. The lowest BCUT2D eigenvalue weighted by Crippen LogP contribution is -2.53. The van der Waals surface area contributed by atoms with E-state index in [1.54, 1.807) is 37.3 Å². The van der Waals surface area contributed by atoms with Gasteiger partial charge in [0.1, 0.15) is 12.6 Å². The fourth-order valence-corrected chi connectivity index (χ4v) is 6.99. The molecule has 7 nitrogen and oxygen atoms in total. The van der Waals surface area contributed by atoms with Crippen molar-refractivity contribution in [2.24, 2.45) is 0 Å². The van der Waals surface area contributed by atoms with Gasteiger partial charge in [0.2, 0.25) is 11.8 Å². The van der Waals surface area contributed by atoms with Gasteiger partial charge in [0.05, 0.1) is 10.6 Å². The van der Waals surface area contributed by atoms with Crippen molar-refractivity contribution in [3.05, 3.63) is 94.0 Å². The van der Waals surface area contributed by atoms with E-state index in [2.05, 4.69) is 21.2 Å². The number of benzene rings is 3. The first-order chi connectivity index (χ1) is 19.6. The van der Waals surface area contributed by atoms with Crippen molar-refractivity contribution in [1.29, 1.82) is 0 Å². The number of amides is 2. The van der Waals surface area contributed by atoms with Crippen LogP contribution in [0.5, 0.6) is 0 Å². The molecule has 3 aromatic rings. The Kier molecular flexibility index (Phi) is 10.3. The molecule has 0 bridgehead atoms. The molecule has 1 fully saturated rings. The maximum Gasteiger partial charge on any atom is 0.264 e. The molecule has 4 rings (SSSR count). The summed E-state index contributed by atoms with van der Waals surface area (Å²) in [7, 11) is -4.08. The highest BCUT2D eigenvalue weighted by atomic mass is 79.9. The second kappa shape index (κ2) is 13.7. The number of halogens is 1. The zero-order valence-electron chi connectivity index (χ0n) is 23.8. The highest BCUT2D eigenvalue weighted by molar-refractivity contribution is 9.10. The molecule has 0 aliphatic heterocycles. The van der Waals surface area contributed by atoms with Gasteiger partial charge in [-0.2, -0.15) is 0 Å². The summed E-state index contributed by atoms with van der Waals surface area (Å²) in [5.74, 6) is -0.696. The lowest BCUT2D eigenvalue weighted by Gasteiger charge is -2.33. The molecule has 1 aliphatic rings. The number of carbonyl (C=O) groups excluding carboxylic acids is 2. The molecule has 0 spiro atoms. The second-order valence-corrected chi connectivity index (χ2v) is 13.5. The molecule has 1 saturated carbocycles. The molecule has 0 heterocycles. The zero-order valence-corrected chi connectivity index (χ0v) is 26.2. The number of nitrogens with one attached hydrogen (secondary N) is 1. The van der Waals surface area contributed by atoms with E-state index in [0.717, 1.165) is 51.2 Å².